The highest BCUT2D eigenvalue weighted by atomic mass is 35.5. The van der Waals surface area contributed by atoms with Crippen LogP contribution in [0.3, 0.4) is 0 Å². The Labute approximate surface area is 144 Å². The van der Waals surface area contributed by atoms with Gasteiger partial charge in [0.1, 0.15) is 12.2 Å². The predicted octanol–water partition coefficient (Wildman–Crippen LogP) is 3.81. The van der Waals surface area contributed by atoms with Gasteiger partial charge in [0.2, 0.25) is 5.28 Å². The number of hydrogen-bond donors (Lipinski definition) is 3. The Morgan fingerprint density at radius 3 is 2.57 bits per heavy atom. The molecule has 1 aromatic carbocycles. The van der Waals surface area contributed by atoms with E-state index >= 15 is 0 Å². The first-order valence-electron chi connectivity index (χ1n) is 6.63. The van der Waals surface area contributed by atoms with Gasteiger partial charge in [-0.1, -0.05) is 11.6 Å². The topological polar surface area (TPSA) is 90.8 Å². The minimum Gasteiger partial charge on any atom is -0.387 e. The zero-order valence-corrected chi connectivity index (χ0v) is 15.2. The molecule has 0 aliphatic rings. The molecule has 2 aromatic rings. The monoisotopic (exact) mass is 371 g/mol. The van der Waals surface area contributed by atoms with E-state index in [0.29, 0.717) is 33.1 Å². The number of benzene rings is 1. The van der Waals surface area contributed by atoms with E-state index in [1.807, 2.05) is 0 Å². The third-order valence-corrected chi connectivity index (χ3v) is 5.12. The van der Waals surface area contributed by atoms with Crippen LogP contribution in [-0.4, -0.2) is 36.6 Å². The fourth-order valence-corrected chi connectivity index (χ4v) is 3.97. The minimum atomic E-state index is -2.66. The van der Waals surface area contributed by atoms with Crippen LogP contribution in [0.2, 0.25) is 10.3 Å². The smallest absolute Gasteiger partial charge is 0.224 e. The van der Waals surface area contributed by atoms with E-state index < -0.39 is 7.14 Å². The highest BCUT2D eigenvalue weighted by Gasteiger charge is 2.23. The number of nitrogens with zero attached hydrogens (tertiary/aromatic N) is 2. The Bertz CT molecular complexity index is 806. The molecule has 0 bridgehead atoms. The summed E-state index contributed by atoms with van der Waals surface area (Å²) in [5.41, 5.74) is 1.86. The van der Waals surface area contributed by atoms with Gasteiger partial charge in [-0.3, -0.25) is 0 Å². The first-order chi connectivity index (χ1) is 10.8. The van der Waals surface area contributed by atoms with Crippen LogP contribution < -0.4 is 15.9 Å². The standard InChI is InChI=1S/C14H16Cl2N5OP/c1-18-11-8(6-17)4-5-10(12(11)23(2,3)22)20-13-9(15)7-19-14(16)21-13/h4-7,17-18H,1-3H3,(H,19,20,21). The highest BCUT2D eigenvalue weighted by Crippen LogP contribution is 2.42. The molecule has 0 fully saturated rings. The van der Waals surface area contributed by atoms with Crippen LogP contribution in [0.4, 0.5) is 17.2 Å². The summed E-state index contributed by atoms with van der Waals surface area (Å²) in [7, 11) is -0.940. The Morgan fingerprint density at radius 1 is 1.30 bits per heavy atom. The van der Waals surface area contributed by atoms with E-state index in [1.54, 1.807) is 32.5 Å². The molecule has 0 radical (unpaired) electrons. The average molecular weight is 372 g/mol. The molecule has 0 amide bonds. The highest BCUT2D eigenvalue weighted by molar-refractivity contribution is 7.70. The van der Waals surface area contributed by atoms with Crippen molar-refractivity contribution in [2.45, 2.75) is 0 Å². The van der Waals surface area contributed by atoms with Crippen LogP contribution in [0.5, 0.6) is 0 Å². The normalized spacial score (nSPS) is 11.2. The van der Waals surface area contributed by atoms with Crippen molar-refractivity contribution >= 4 is 59.1 Å². The van der Waals surface area contributed by atoms with Crippen LogP contribution in [0.25, 0.3) is 0 Å². The molecule has 0 aliphatic carbocycles. The molecule has 2 rings (SSSR count). The maximum atomic E-state index is 12.8. The van der Waals surface area contributed by atoms with Gasteiger partial charge in [0.05, 0.1) is 22.9 Å². The van der Waals surface area contributed by atoms with Crippen molar-refractivity contribution in [2.24, 2.45) is 0 Å². The fourth-order valence-electron chi connectivity index (χ4n) is 2.21. The van der Waals surface area contributed by atoms with Gasteiger partial charge in [0.25, 0.3) is 0 Å². The third-order valence-electron chi connectivity index (χ3n) is 3.12. The minimum absolute atomic E-state index is 0.0552. The lowest BCUT2D eigenvalue weighted by atomic mass is 10.1. The quantitative estimate of drug-likeness (QED) is 0.422. The fraction of sp³-hybridized carbons (Fsp3) is 0.214. The zero-order valence-electron chi connectivity index (χ0n) is 12.8. The lowest BCUT2D eigenvalue weighted by molar-refractivity contribution is 0.588. The number of aromatic nitrogens is 2. The van der Waals surface area contributed by atoms with Crippen molar-refractivity contribution in [2.75, 3.05) is 31.0 Å². The second-order valence-electron chi connectivity index (χ2n) is 5.13. The summed E-state index contributed by atoms with van der Waals surface area (Å²) in [6, 6.07) is 3.49. The van der Waals surface area contributed by atoms with Gasteiger partial charge in [-0.2, -0.15) is 4.98 Å². The molecule has 0 atom stereocenters. The summed E-state index contributed by atoms with van der Waals surface area (Å²) in [5, 5.41) is 14.5. The van der Waals surface area contributed by atoms with Crippen molar-refractivity contribution in [3.8, 4) is 0 Å². The van der Waals surface area contributed by atoms with E-state index in [4.69, 9.17) is 28.6 Å². The van der Waals surface area contributed by atoms with Gasteiger partial charge in [0, 0.05) is 18.8 Å². The van der Waals surface area contributed by atoms with Crippen LogP contribution >= 0.6 is 30.3 Å². The molecule has 0 aliphatic heterocycles. The lowest BCUT2D eigenvalue weighted by Gasteiger charge is -2.21. The van der Waals surface area contributed by atoms with Crippen molar-refractivity contribution in [3.63, 3.8) is 0 Å². The molecule has 3 N–H and O–H groups in total. The summed E-state index contributed by atoms with van der Waals surface area (Å²) < 4.78 is 12.8. The Morgan fingerprint density at radius 2 is 2.00 bits per heavy atom. The number of halogens is 2. The molecule has 122 valence electrons. The molecule has 1 aromatic heterocycles. The van der Waals surface area contributed by atoms with E-state index in [-0.39, 0.29) is 5.28 Å². The van der Waals surface area contributed by atoms with Gasteiger partial charge in [-0.25, -0.2) is 4.98 Å². The van der Waals surface area contributed by atoms with Crippen LogP contribution in [0, 0.1) is 5.41 Å². The molecule has 0 saturated heterocycles. The molecule has 0 saturated carbocycles. The van der Waals surface area contributed by atoms with Crippen molar-refractivity contribution < 1.29 is 4.57 Å². The first kappa shape index (κ1) is 17.7. The van der Waals surface area contributed by atoms with Crippen LogP contribution in [-0.2, 0) is 4.57 Å². The number of hydrogen-bond acceptors (Lipinski definition) is 6. The largest absolute Gasteiger partial charge is 0.387 e. The van der Waals surface area contributed by atoms with Crippen molar-refractivity contribution in [3.05, 3.63) is 34.2 Å². The second kappa shape index (κ2) is 6.87. The summed E-state index contributed by atoms with van der Waals surface area (Å²) in [6.45, 7) is 3.33. The molecule has 1 heterocycles. The van der Waals surface area contributed by atoms with E-state index in [0.717, 1.165) is 0 Å². The van der Waals surface area contributed by atoms with Gasteiger partial charge in [-0.15, -0.1) is 0 Å². The third kappa shape index (κ3) is 3.83. The number of anilines is 3. The van der Waals surface area contributed by atoms with Gasteiger partial charge < -0.3 is 20.6 Å². The molecule has 23 heavy (non-hydrogen) atoms. The predicted molar refractivity (Wildman–Crippen MR) is 98.3 cm³/mol. The molecular formula is C14H16Cl2N5OP. The number of rotatable bonds is 5. The van der Waals surface area contributed by atoms with Gasteiger partial charge >= 0.3 is 0 Å². The summed E-state index contributed by atoms with van der Waals surface area (Å²) in [6.07, 6.45) is 2.60. The maximum absolute atomic E-state index is 12.8. The molecule has 0 spiro atoms. The molecule has 0 unspecified atom stereocenters. The summed E-state index contributed by atoms with van der Waals surface area (Å²) in [5.74, 6) is 0.325. The first-order valence-corrected chi connectivity index (χ1v) is 9.99. The van der Waals surface area contributed by atoms with E-state index in [2.05, 4.69) is 20.6 Å². The van der Waals surface area contributed by atoms with Crippen LogP contribution in [0.15, 0.2) is 18.3 Å². The van der Waals surface area contributed by atoms with E-state index in [9.17, 15) is 4.57 Å². The number of nitrogens with one attached hydrogen (secondary N) is 3. The lowest BCUT2D eigenvalue weighted by Crippen LogP contribution is -2.17. The molecule has 9 heteroatoms. The average Bonchev–Trinajstić information content (AvgIpc) is 2.49. The summed E-state index contributed by atoms with van der Waals surface area (Å²) >= 11 is 11.9. The van der Waals surface area contributed by atoms with Crippen molar-refractivity contribution in [1.29, 1.82) is 5.41 Å². The molecule has 6 nitrogen and oxygen atoms in total. The van der Waals surface area contributed by atoms with Gasteiger partial charge in [0.15, 0.2) is 5.82 Å². The SMILES string of the molecule is CNc1c(C=N)ccc(Nc2nc(Cl)ncc2Cl)c1P(C)(C)=O. The zero-order chi connectivity index (χ0) is 17.2. The Kier molecular flexibility index (Phi) is 5.30. The van der Waals surface area contributed by atoms with Gasteiger partial charge in [-0.05, 0) is 37.1 Å². The Balaban J connectivity index is 2.65. The Hall–Kier alpha value is -1.62. The van der Waals surface area contributed by atoms with Crippen molar-refractivity contribution in [1.82, 2.24) is 9.97 Å². The summed E-state index contributed by atoms with van der Waals surface area (Å²) in [4.78, 5) is 7.84. The second-order valence-corrected chi connectivity index (χ2v) is 9.03. The van der Waals surface area contributed by atoms with E-state index in [1.165, 1.54) is 12.4 Å². The maximum Gasteiger partial charge on any atom is 0.224 e. The molecular weight excluding hydrogens is 356 g/mol. The van der Waals surface area contributed by atoms with Crippen LogP contribution in [0.1, 0.15) is 5.56 Å².